The van der Waals surface area contributed by atoms with Gasteiger partial charge in [-0.15, -0.1) is 0 Å². The Balaban J connectivity index is 2.53. The molecule has 1 N–H and O–H groups in total. The zero-order valence-corrected chi connectivity index (χ0v) is 12.8. The van der Waals surface area contributed by atoms with E-state index < -0.39 is 11.7 Å². The van der Waals surface area contributed by atoms with E-state index in [0.717, 1.165) is 0 Å². The average Bonchev–Trinajstić information content (AvgIpc) is 2.33. The summed E-state index contributed by atoms with van der Waals surface area (Å²) >= 11 is 6.04. The molecule has 1 aromatic rings. The molecule has 0 fully saturated rings. The number of amides is 1. The number of benzene rings is 1. The topological polar surface area (TPSA) is 47.6 Å². The summed E-state index contributed by atoms with van der Waals surface area (Å²) in [6.45, 7) is 5.59. The molecule has 4 nitrogen and oxygen atoms in total. The predicted molar refractivity (Wildman–Crippen MR) is 79.1 cm³/mol. The van der Waals surface area contributed by atoms with E-state index >= 15 is 0 Å². The van der Waals surface area contributed by atoms with Crippen molar-refractivity contribution in [2.45, 2.75) is 26.4 Å². The van der Waals surface area contributed by atoms with E-state index in [9.17, 15) is 4.79 Å². The molecule has 1 rings (SSSR count). The Morgan fingerprint density at radius 3 is 2.65 bits per heavy atom. The molecular weight excluding hydrogens is 278 g/mol. The third-order valence-electron chi connectivity index (χ3n) is 2.12. The first kappa shape index (κ1) is 16.2. The SMILES string of the molecule is COc1ccc(C#CCNC(=O)OC(C)(C)C)c(Cl)c1. The van der Waals surface area contributed by atoms with Crippen molar-refractivity contribution >= 4 is 17.7 Å². The molecule has 0 aliphatic heterocycles. The number of carbonyl (C=O) groups excluding carboxylic acids is 1. The molecule has 1 amide bonds. The van der Waals surface area contributed by atoms with Crippen molar-refractivity contribution in [2.75, 3.05) is 13.7 Å². The zero-order chi connectivity index (χ0) is 15.2. The third kappa shape index (κ3) is 5.85. The van der Waals surface area contributed by atoms with Crippen LogP contribution in [0.5, 0.6) is 5.75 Å². The van der Waals surface area contributed by atoms with Crippen LogP contribution in [-0.4, -0.2) is 25.3 Å². The van der Waals surface area contributed by atoms with E-state index in [4.69, 9.17) is 21.1 Å². The van der Waals surface area contributed by atoms with Crippen molar-refractivity contribution < 1.29 is 14.3 Å². The molecule has 1 aromatic carbocycles. The number of hydrogen-bond donors (Lipinski definition) is 1. The Bertz CT molecular complexity index is 538. The molecule has 0 aliphatic carbocycles. The Morgan fingerprint density at radius 2 is 2.10 bits per heavy atom. The Morgan fingerprint density at radius 1 is 1.40 bits per heavy atom. The van der Waals surface area contributed by atoms with Gasteiger partial charge >= 0.3 is 6.09 Å². The van der Waals surface area contributed by atoms with E-state index in [2.05, 4.69) is 17.2 Å². The van der Waals surface area contributed by atoms with Gasteiger partial charge in [0.15, 0.2) is 0 Å². The van der Waals surface area contributed by atoms with Crippen LogP contribution in [0.4, 0.5) is 4.79 Å². The van der Waals surface area contributed by atoms with Gasteiger partial charge in [0.1, 0.15) is 11.4 Å². The summed E-state index contributed by atoms with van der Waals surface area (Å²) in [6, 6.07) is 5.23. The molecule has 0 saturated carbocycles. The fourth-order valence-corrected chi connectivity index (χ4v) is 1.51. The highest BCUT2D eigenvalue weighted by Crippen LogP contribution is 2.21. The monoisotopic (exact) mass is 295 g/mol. The van der Waals surface area contributed by atoms with E-state index in [1.165, 1.54) is 0 Å². The Kier molecular flexibility index (Phi) is 5.72. The van der Waals surface area contributed by atoms with Gasteiger partial charge in [-0.3, -0.25) is 0 Å². The lowest BCUT2D eigenvalue weighted by atomic mass is 10.2. The van der Waals surface area contributed by atoms with E-state index in [-0.39, 0.29) is 6.54 Å². The maximum atomic E-state index is 11.4. The highest BCUT2D eigenvalue weighted by Gasteiger charge is 2.14. The number of carbonyl (C=O) groups is 1. The van der Waals surface area contributed by atoms with Crippen LogP contribution >= 0.6 is 11.6 Å². The Labute approximate surface area is 124 Å². The first-order valence-corrected chi connectivity index (χ1v) is 6.49. The minimum absolute atomic E-state index is 0.192. The standard InChI is InChI=1S/C15H18ClNO3/c1-15(2,3)20-14(18)17-9-5-6-11-7-8-12(19-4)10-13(11)16/h7-8,10H,9H2,1-4H3,(H,17,18). The van der Waals surface area contributed by atoms with Gasteiger partial charge in [0, 0.05) is 5.56 Å². The van der Waals surface area contributed by atoms with Crippen LogP contribution in [-0.2, 0) is 4.74 Å². The number of methoxy groups -OCH3 is 1. The van der Waals surface area contributed by atoms with E-state index in [0.29, 0.717) is 16.3 Å². The fraction of sp³-hybridized carbons (Fsp3) is 0.400. The molecule has 0 bridgehead atoms. The number of hydrogen-bond acceptors (Lipinski definition) is 3. The molecule has 0 atom stereocenters. The van der Waals surface area contributed by atoms with Crippen LogP contribution < -0.4 is 10.1 Å². The van der Waals surface area contributed by atoms with Crippen LogP contribution in [0.1, 0.15) is 26.3 Å². The van der Waals surface area contributed by atoms with Crippen molar-refractivity contribution in [3.8, 4) is 17.6 Å². The molecule has 5 heteroatoms. The molecule has 20 heavy (non-hydrogen) atoms. The van der Waals surface area contributed by atoms with Crippen molar-refractivity contribution in [1.29, 1.82) is 0 Å². The van der Waals surface area contributed by atoms with Crippen LogP contribution in [0, 0.1) is 11.8 Å². The molecular formula is C15H18ClNO3. The number of alkyl carbamates (subject to hydrolysis) is 1. The van der Waals surface area contributed by atoms with Crippen LogP contribution in [0.15, 0.2) is 18.2 Å². The van der Waals surface area contributed by atoms with Crippen LogP contribution in [0.3, 0.4) is 0 Å². The number of nitrogens with one attached hydrogen (secondary N) is 1. The minimum Gasteiger partial charge on any atom is -0.497 e. The molecule has 0 heterocycles. The third-order valence-corrected chi connectivity index (χ3v) is 2.43. The minimum atomic E-state index is -0.517. The summed E-state index contributed by atoms with van der Waals surface area (Å²) in [4.78, 5) is 11.4. The molecule has 0 radical (unpaired) electrons. The lowest BCUT2D eigenvalue weighted by molar-refractivity contribution is 0.0535. The van der Waals surface area contributed by atoms with Gasteiger partial charge in [-0.2, -0.15) is 0 Å². The van der Waals surface area contributed by atoms with E-state index in [1.807, 2.05) is 0 Å². The normalized spacial score (nSPS) is 10.2. The van der Waals surface area contributed by atoms with Gasteiger partial charge < -0.3 is 14.8 Å². The summed E-state index contributed by atoms with van der Waals surface area (Å²) in [5.41, 5.74) is 0.162. The first-order chi connectivity index (χ1) is 9.31. The van der Waals surface area contributed by atoms with Crippen molar-refractivity contribution in [3.63, 3.8) is 0 Å². The van der Waals surface area contributed by atoms with Gasteiger partial charge in [0.05, 0.1) is 18.7 Å². The predicted octanol–water partition coefficient (Wildman–Crippen LogP) is 3.22. The Hall–Kier alpha value is -1.86. The number of rotatable bonds is 2. The second-order valence-corrected chi connectivity index (χ2v) is 5.41. The number of halogens is 1. The zero-order valence-electron chi connectivity index (χ0n) is 12.0. The lowest BCUT2D eigenvalue weighted by Crippen LogP contribution is -2.32. The largest absolute Gasteiger partial charge is 0.497 e. The molecule has 0 spiro atoms. The summed E-state index contributed by atoms with van der Waals surface area (Å²) < 4.78 is 10.1. The van der Waals surface area contributed by atoms with Crippen LogP contribution in [0.25, 0.3) is 0 Å². The summed E-state index contributed by atoms with van der Waals surface area (Å²) in [7, 11) is 1.57. The van der Waals surface area contributed by atoms with E-state index in [1.54, 1.807) is 46.1 Å². The maximum Gasteiger partial charge on any atom is 0.408 e. The molecule has 0 aliphatic rings. The van der Waals surface area contributed by atoms with Crippen molar-refractivity contribution in [3.05, 3.63) is 28.8 Å². The first-order valence-electron chi connectivity index (χ1n) is 6.11. The highest BCUT2D eigenvalue weighted by atomic mass is 35.5. The van der Waals surface area contributed by atoms with Crippen LogP contribution in [0.2, 0.25) is 5.02 Å². The highest BCUT2D eigenvalue weighted by molar-refractivity contribution is 6.31. The average molecular weight is 296 g/mol. The van der Waals surface area contributed by atoms with Crippen molar-refractivity contribution in [1.82, 2.24) is 5.32 Å². The van der Waals surface area contributed by atoms with Gasteiger partial charge in [-0.1, -0.05) is 23.4 Å². The molecule has 0 aromatic heterocycles. The summed E-state index contributed by atoms with van der Waals surface area (Å²) in [5.74, 6) is 6.36. The smallest absolute Gasteiger partial charge is 0.408 e. The van der Waals surface area contributed by atoms with Gasteiger partial charge in [-0.05, 0) is 39.0 Å². The summed E-state index contributed by atoms with van der Waals surface area (Å²) in [6.07, 6.45) is -0.493. The quantitative estimate of drug-likeness (QED) is 0.852. The molecule has 0 unspecified atom stereocenters. The summed E-state index contributed by atoms with van der Waals surface area (Å²) in [5, 5.41) is 3.06. The molecule has 108 valence electrons. The number of ether oxygens (including phenoxy) is 2. The second kappa shape index (κ2) is 7.06. The van der Waals surface area contributed by atoms with Gasteiger partial charge in [0.2, 0.25) is 0 Å². The molecule has 0 saturated heterocycles. The lowest BCUT2D eigenvalue weighted by Gasteiger charge is -2.19. The van der Waals surface area contributed by atoms with Crippen molar-refractivity contribution in [2.24, 2.45) is 0 Å². The second-order valence-electron chi connectivity index (χ2n) is 5.00. The van der Waals surface area contributed by atoms with Gasteiger partial charge in [0.25, 0.3) is 0 Å². The van der Waals surface area contributed by atoms with Gasteiger partial charge in [-0.25, -0.2) is 4.79 Å². The fourth-order valence-electron chi connectivity index (χ4n) is 1.29. The maximum absolute atomic E-state index is 11.4.